The fraction of sp³-hybridized carbons (Fsp3) is 0.500. The summed E-state index contributed by atoms with van der Waals surface area (Å²) in [6, 6.07) is 5.29. The van der Waals surface area contributed by atoms with Crippen LogP contribution in [0.4, 0.5) is 0 Å². The van der Waals surface area contributed by atoms with Gasteiger partial charge >= 0.3 is 11.6 Å². The van der Waals surface area contributed by atoms with Crippen molar-refractivity contribution in [1.82, 2.24) is 4.98 Å². The predicted octanol–water partition coefficient (Wildman–Crippen LogP) is 5.15. The lowest BCUT2D eigenvalue weighted by Crippen LogP contribution is -2.66. The normalized spacial score (nSPS) is 36.4. The molecule has 2 aromatic heterocycles. The number of esters is 1. The van der Waals surface area contributed by atoms with Crippen molar-refractivity contribution in [2.75, 3.05) is 6.61 Å². The molecular formula is C30H33NO6. The number of hydrogen-bond acceptors (Lipinski definition) is 7. The molecule has 6 atom stereocenters. The van der Waals surface area contributed by atoms with Gasteiger partial charge in [-0.2, -0.15) is 0 Å². The van der Waals surface area contributed by atoms with Crippen molar-refractivity contribution >= 4 is 5.97 Å². The van der Waals surface area contributed by atoms with E-state index in [9.17, 15) is 14.7 Å². The molecule has 2 aliphatic carbocycles. The molecule has 7 nitrogen and oxygen atoms in total. The molecule has 1 saturated heterocycles. The predicted molar refractivity (Wildman–Crippen MR) is 137 cm³/mol. The van der Waals surface area contributed by atoms with Crippen molar-refractivity contribution in [3.05, 3.63) is 70.4 Å². The molecule has 4 aliphatic rings. The van der Waals surface area contributed by atoms with Crippen molar-refractivity contribution in [3.8, 4) is 17.1 Å². The summed E-state index contributed by atoms with van der Waals surface area (Å²) in [5, 5.41) is 11.9. The average Bonchev–Trinajstić information content (AvgIpc) is 3.18. The third kappa shape index (κ3) is 3.13. The van der Waals surface area contributed by atoms with Crippen LogP contribution in [0.1, 0.15) is 64.5 Å². The SMILES string of the molecule is C=C(C)[C@@H]1CC[C@@]2(C)[C@H](CC=C(C)[C@]23Oc2cc(-c4cccnc4)oc(=O)c2[C@@H]3O)[C@]12CCC(=O)OC2. The summed E-state index contributed by atoms with van der Waals surface area (Å²) in [7, 11) is 0. The number of fused-ring (bicyclic) bond motifs is 4. The molecule has 2 aromatic rings. The Morgan fingerprint density at radius 1 is 1.27 bits per heavy atom. The largest absolute Gasteiger partial charge is 0.478 e. The molecule has 0 radical (unpaired) electrons. The lowest BCUT2D eigenvalue weighted by molar-refractivity contribution is -0.208. The molecular weight excluding hydrogens is 470 g/mol. The summed E-state index contributed by atoms with van der Waals surface area (Å²) < 4.78 is 18.2. The molecule has 0 amide bonds. The van der Waals surface area contributed by atoms with Crippen LogP contribution in [0, 0.1) is 22.7 Å². The van der Waals surface area contributed by atoms with Crippen LogP contribution in [0.25, 0.3) is 11.3 Å². The van der Waals surface area contributed by atoms with Crippen molar-refractivity contribution < 1.29 is 23.8 Å². The van der Waals surface area contributed by atoms with Crippen molar-refractivity contribution in [3.63, 3.8) is 0 Å². The highest BCUT2D eigenvalue weighted by molar-refractivity contribution is 5.70. The number of carbonyl (C=O) groups is 1. The number of aliphatic hydroxyl groups excluding tert-OH is 1. The number of cyclic esters (lactones) is 1. The molecule has 2 fully saturated rings. The van der Waals surface area contributed by atoms with E-state index in [0.717, 1.165) is 30.4 Å². The van der Waals surface area contributed by atoms with E-state index < -0.39 is 22.7 Å². The van der Waals surface area contributed by atoms with Crippen LogP contribution < -0.4 is 10.4 Å². The summed E-state index contributed by atoms with van der Waals surface area (Å²) in [4.78, 5) is 29.5. The van der Waals surface area contributed by atoms with Gasteiger partial charge < -0.3 is 19.0 Å². The maximum atomic E-state index is 13.3. The van der Waals surface area contributed by atoms with Gasteiger partial charge in [-0.15, -0.1) is 0 Å². The minimum Gasteiger partial charge on any atom is -0.478 e. The Kier molecular flexibility index (Phi) is 5.33. The van der Waals surface area contributed by atoms with E-state index >= 15 is 0 Å². The maximum absolute atomic E-state index is 13.3. The minimum atomic E-state index is -1.18. The summed E-state index contributed by atoms with van der Waals surface area (Å²) in [6.45, 7) is 10.9. The van der Waals surface area contributed by atoms with E-state index in [1.54, 1.807) is 24.5 Å². The Balaban J connectivity index is 1.49. The van der Waals surface area contributed by atoms with Crippen molar-refractivity contribution in [1.29, 1.82) is 0 Å². The van der Waals surface area contributed by atoms with Gasteiger partial charge in [0.15, 0.2) is 5.60 Å². The third-order valence-electron chi connectivity index (χ3n) is 9.92. The standard InChI is InChI=1S/C30H33NO6/c1-17(2)20-9-11-28(4)23(29(20)12-10-24(32)35-16-29)8-7-18(3)30(28)26(33)25-22(37-30)14-21(36-27(25)34)19-6-5-13-31-15-19/h5-7,13-15,20,23,26,33H,1,8-12,16H2,2-4H3/t20-,23-,26-,28-,29-,30+/m0/s1. The monoisotopic (exact) mass is 503 g/mol. The summed E-state index contributed by atoms with van der Waals surface area (Å²) in [6.07, 6.45) is 7.73. The fourth-order valence-corrected chi connectivity index (χ4v) is 8.22. The number of ether oxygens (including phenoxy) is 2. The van der Waals surface area contributed by atoms with E-state index in [1.165, 1.54) is 0 Å². The number of carbonyl (C=O) groups excluding carboxylic acids is 1. The number of aliphatic hydroxyl groups is 1. The summed E-state index contributed by atoms with van der Waals surface area (Å²) >= 11 is 0. The smallest absolute Gasteiger partial charge is 0.346 e. The molecule has 2 spiro atoms. The van der Waals surface area contributed by atoms with Gasteiger partial charge in [0.25, 0.3) is 0 Å². The topological polar surface area (TPSA) is 98.9 Å². The molecule has 6 rings (SSSR count). The van der Waals surface area contributed by atoms with Crippen LogP contribution in [0.3, 0.4) is 0 Å². The number of pyridine rings is 1. The quantitative estimate of drug-likeness (QED) is 0.447. The number of aromatic nitrogens is 1. The van der Waals surface area contributed by atoms with E-state index in [1.807, 2.05) is 13.0 Å². The number of allylic oxidation sites excluding steroid dienone is 2. The first-order valence-electron chi connectivity index (χ1n) is 13.1. The van der Waals surface area contributed by atoms with Gasteiger partial charge in [-0.3, -0.25) is 9.78 Å². The minimum absolute atomic E-state index is 0.0565. The molecule has 0 aromatic carbocycles. The van der Waals surface area contributed by atoms with E-state index in [0.29, 0.717) is 36.5 Å². The Bertz CT molecular complexity index is 1370. The lowest BCUT2D eigenvalue weighted by Gasteiger charge is -2.65. The fourth-order valence-electron chi connectivity index (χ4n) is 8.22. The molecule has 0 bridgehead atoms. The van der Waals surface area contributed by atoms with Crippen molar-refractivity contribution in [2.24, 2.45) is 22.7 Å². The molecule has 7 heteroatoms. The highest BCUT2D eigenvalue weighted by Gasteiger charge is 2.71. The van der Waals surface area contributed by atoms with Gasteiger partial charge in [0.2, 0.25) is 0 Å². The Morgan fingerprint density at radius 2 is 2.08 bits per heavy atom. The molecule has 194 valence electrons. The van der Waals surface area contributed by atoms with Gasteiger partial charge in [-0.05, 0) is 69.1 Å². The summed E-state index contributed by atoms with van der Waals surface area (Å²) in [5.74, 6) is 0.790. The number of rotatable bonds is 2. The lowest BCUT2D eigenvalue weighted by atomic mass is 9.41. The van der Waals surface area contributed by atoms with Crippen LogP contribution in [-0.2, 0) is 9.53 Å². The molecule has 4 heterocycles. The second kappa shape index (κ2) is 8.15. The maximum Gasteiger partial charge on any atom is 0.346 e. The number of hydrogen-bond donors (Lipinski definition) is 1. The third-order valence-corrected chi connectivity index (χ3v) is 9.92. The van der Waals surface area contributed by atoms with Crippen LogP contribution in [0.5, 0.6) is 5.75 Å². The van der Waals surface area contributed by atoms with Crippen LogP contribution in [0.2, 0.25) is 0 Å². The molecule has 0 unspecified atom stereocenters. The number of nitrogens with zero attached hydrogens (tertiary/aromatic N) is 1. The summed E-state index contributed by atoms with van der Waals surface area (Å²) in [5.41, 5.74) is 0.263. The van der Waals surface area contributed by atoms with E-state index in [-0.39, 0.29) is 28.8 Å². The van der Waals surface area contributed by atoms with Crippen molar-refractivity contribution in [2.45, 2.75) is 64.6 Å². The van der Waals surface area contributed by atoms with Gasteiger partial charge in [0.05, 0.1) is 6.61 Å². The Hall–Kier alpha value is -3.19. The van der Waals surface area contributed by atoms with Gasteiger partial charge in [-0.1, -0.05) is 25.2 Å². The zero-order valence-electron chi connectivity index (χ0n) is 21.6. The molecule has 1 N–H and O–H groups in total. The van der Waals surface area contributed by atoms with Crippen LogP contribution in [-0.4, -0.2) is 28.3 Å². The highest BCUT2D eigenvalue weighted by Crippen LogP contribution is 2.70. The zero-order valence-corrected chi connectivity index (χ0v) is 21.6. The second-order valence-electron chi connectivity index (χ2n) is 11.6. The highest BCUT2D eigenvalue weighted by atomic mass is 16.5. The molecule has 37 heavy (non-hydrogen) atoms. The van der Waals surface area contributed by atoms with Gasteiger partial charge in [-0.25, -0.2) is 4.79 Å². The van der Waals surface area contributed by atoms with E-state index in [2.05, 4.69) is 31.5 Å². The molecule has 2 aliphatic heterocycles. The van der Waals surface area contributed by atoms with Crippen LogP contribution >= 0.6 is 0 Å². The molecule has 1 saturated carbocycles. The zero-order chi connectivity index (χ0) is 26.2. The average molecular weight is 504 g/mol. The van der Waals surface area contributed by atoms with Gasteiger partial charge in [0, 0.05) is 41.3 Å². The van der Waals surface area contributed by atoms with Crippen LogP contribution in [0.15, 0.2) is 63.6 Å². The Labute approximate surface area is 216 Å². The first-order valence-corrected chi connectivity index (χ1v) is 13.1. The first-order chi connectivity index (χ1) is 17.6. The second-order valence-corrected chi connectivity index (χ2v) is 11.6. The van der Waals surface area contributed by atoms with Gasteiger partial charge in [0.1, 0.15) is 23.2 Å². The van der Waals surface area contributed by atoms with E-state index in [4.69, 9.17) is 13.9 Å². The first kappa shape index (κ1) is 24.2. The Morgan fingerprint density at radius 3 is 2.76 bits per heavy atom.